The van der Waals surface area contributed by atoms with E-state index in [1.54, 1.807) is 11.0 Å². The molecule has 3 atom stereocenters. The van der Waals surface area contributed by atoms with Gasteiger partial charge >= 0.3 is 5.97 Å². The van der Waals surface area contributed by atoms with E-state index in [1.807, 2.05) is 10.9 Å². The van der Waals surface area contributed by atoms with Crippen molar-refractivity contribution in [2.45, 2.75) is 50.2 Å². The summed E-state index contributed by atoms with van der Waals surface area (Å²) in [6.45, 7) is 1.45. The number of hydrogen-bond donors (Lipinski definition) is 1. The highest BCUT2D eigenvalue weighted by molar-refractivity contribution is 5.93. The Kier molecular flexibility index (Phi) is 3.60. The van der Waals surface area contributed by atoms with Gasteiger partial charge in [-0.05, 0) is 38.2 Å². The van der Waals surface area contributed by atoms with Crippen molar-refractivity contribution in [3.63, 3.8) is 0 Å². The number of nitrogens with zero attached hydrogens (tertiary/aromatic N) is 3. The fourth-order valence-electron chi connectivity index (χ4n) is 4.31. The molecule has 2 bridgehead atoms. The minimum atomic E-state index is -0.789. The molecule has 7 heteroatoms. The van der Waals surface area contributed by atoms with Crippen LogP contribution in [0.25, 0.3) is 0 Å². The summed E-state index contributed by atoms with van der Waals surface area (Å²) in [5, 5.41) is 13.8. The summed E-state index contributed by atoms with van der Waals surface area (Å²) in [7, 11) is 0. The number of ether oxygens (including phenoxy) is 1. The average Bonchev–Trinajstić information content (AvgIpc) is 3.29. The van der Waals surface area contributed by atoms with Crippen LogP contribution in [0.15, 0.2) is 12.3 Å². The number of aliphatic carboxylic acids is 1. The normalized spacial score (nSPS) is 30.8. The lowest BCUT2D eigenvalue weighted by atomic mass is 9.89. The molecule has 1 aromatic rings. The largest absolute Gasteiger partial charge is 0.481 e. The van der Waals surface area contributed by atoms with Crippen LogP contribution in [0.1, 0.15) is 48.6 Å². The van der Waals surface area contributed by atoms with Gasteiger partial charge in [0.25, 0.3) is 5.91 Å². The molecule has 3 aliphatic heterocycles. The van der Waals surface area contributed by atoms with Gasteiger partial charge in [0, 0.05) is 31.5 Å². The molecule has 0 radical (unpaired) electrons. The Morgan fingerprint density at radius 1 is 1.17 bits per heavy atom. The number of carbonyl (C=O) groups excluding carboxylic acids is 1. The van der Waals surface area contributed by atoms with Crippen LogP contribution >= 0.6 is 0 Å². The van der Waals surface area contributed by atoms with Crippen molar-refractivity contribution in [1.82, 2.24) is 14.7 Å². The fraction of sp³-hybridized carbons (Fsp3) is 0.688. The lowest BCUT2D eigenvalue weighted by Crippen LogP contribution is -2.38. The third kappa shape index (κ3) is 2.43. The molecular weight excluding hydrogens is 298 g/mol. The molecule has 1 amide bonds. The Bertz CT molecular complexity index is 623. The van der Waals surface area contributed by atoms with Gasteiger partial charge in [-0.25, -0.2) is 0 Å². The number of carboxylic acids is 1. The van der Waals surface area contributed by atoms with E-state index in [9.17, 15) is 14.7 Å². The molecule has 0 aliphatic carbocycles. The number of hydrogen-bond acceptors (Lipinski definition) is 4. The predicted molar refractivity (Wildman–Crippen MR) is 80.0 cm³/mol. The Morgan fingerprint density at radius 3 is 2.65 bits per heavy atom. The zero-order valence-corrected chi connectivity index (χ0v) is 12.9. The van der Waals surface area contributed by atoms with Crippen LogP contribution in [0.2, 0.25) is 0 Å². The van der Waals surface area contributed by atoms with E-state index in [0.717, 1.165) is 38.9 Å². The molecule has 0 unspecified atom stereocenters. The van der Waals surface area contributed by atoms with Crippen LogP contribution in [0.4, 0.5) is 0 Å². The number of amides is 1. The molecule has 124 valence electrons. The second kappa shape index (κ2) is 5.63. The van der Waals surface area contributed by atoms with Crippen LogP contribution in [-0.4, -0.2) is 57.0 Å². The van der Waals surface area contributed by atoms with E-state index in [0.29, 0.717) is 12.1 Å². The first-order chi connectivity index (χ1) is 11.1. The first-order valence-electron chi connectivity index (χ1n) is 8.33. The van der Waals surface area contributed by atoms with E-state index >= 15 is 0 Å². The molecule has 3 fully saturated rings. The van der Waals surface area contributed by atoms with Gasteiger partial charge in [0.15, 0.2) is 0 Å². The van der Waals surface area contributed by atoms with Crippen LogP contribution in [-0.2, 0) is 9.53 Å². The molecule has 0 spiro atoms. The second-order valence-corrected chi connectivity index (χ2v) is 6.72. The molecule has 0 aromatic carbocycles. The van der Waals surface area contributed by atoms with Crippen LogP contribution < -0.4 is 0 Å². The van der Waals surface area contributed by atoms with E-state index in [-0.39, 0.29) is 24.0 Å². The molecule has 23 heavy (non-hydrogen) atoms. The summed E-state index contributed by atoms with van der Waals surface area (Å²) >= 11 is 0. The van der Waals surface area contributed by atoms with Crippen LogP contribution in [0.3, 0.4) is 0 Å². The van der Waals surface area contributed by atoms with Crippen LogP contribution in [0, 0.1) is 5.92 Å². The van der Waals surface area contributed by atoms with Crippen molar-refractivity contribution >= 4 is 11.9 Å². The minimum absolute atomic E-state index is 0.0573. The number of rotatable bonds is 3. The quantitative estimate of drug-likeness (QED) is 0.908. The van der Waals surface area contributed by atoms with Gasteiger partial charge in [0.2, 0.25) is 0 Å². The third-order valence-electron chi connectivity index (χ3n) is 5.48. The average molecular weight is 319 g/mol. The van der Waals surface area contributed by atoms with E-state index in [1.165, 1.54) is 0 Å². The summed E-state index contributed by atoms with van der Waals surface area (Å²) in [4.78, 5) is 25.9. The van der Waals surface area contributed by atoms with E-state index in [4.69, 9.17) is 4.74 Å². The molecule has 7 nitrogen and oxygen atoms in total. The van der Waals surface area contributed by atoms with Crippen molar-refractivity contribution < 1.29 is 19.4 Å². The molecule has 1 aromatic heterocycles. The van der Waals surface area contributed by atoms with Gasteiger partial charge in [-0.1, -0.05) is 0 Å². The summed E-state index contributed by atoms with van der Waals surface area (Å²) in [6, 6.07) is 1.93. The van der Waals surface area contributed by atoms with Crippen molar-refractivity contribution in [3.8, 4) is 0 Å². The zero-order valence-electron chi connectivity index (χ0n) is 12.9. The Morgan fingerprint density at radius 2 is 1.96 bits per heavy atom. The van der Waals surface area contributed by atoms with Crippen LogP contribution in [0.5, 0.6) is 0 Å². The summed E-state index contributed by atoms with van der Waals surface area (Å²) in [6.07, 6.45) is 5.94. The van der Waals surface area contributed by atoms with Crippen molar-refractivity contribution in [2.75, 3.05) is 13.2 Å². The highest BCUT2D eigenvalue weighted by Gasteiger charge is 2.51. The summed E-state index contributed by atoms with van der Waals surface area (Å²) < 4.78 is 7.22. The van der Waals surface area contributed by atoms with Crippen molar-refractivity contribution in [1.29, 1.82) is 0 Å². The first kappa shape index (κ1) is 14.7. The number of carbonyl (C=O) groups is 2. The Labute approximate surface area is 134 Å². The predicted octanol–water partition coefficient (Wildman–Crippen LogP) is 1.31. The van der Waals surface area contributed by atoms with Crippen molar-refractivity contribution in [3.05, 3.63) is 18.0 Å². The Balaban J connectivity index is 1.51. The fourth-order valence-corrected chi connectivity index (χ4v) is 4.31. The number of aromatic nitrogens is 2. The van der Waals surface area contributed by atoms with Gasteiger partial charge < -0.3 is 14.7 Å². The smallest absolute Gasteiger partial charge is 0.308 e. The first-order valence-corrected chi connectivity index (χ1v) is 8.33. The SMILES string of the molecule is O=C(O)[C@@H]1C[C@H]2CC[C@@H]1N2C(=O)c1ccn(C2CCOCC2)n1. The number of fused-ring (bicyclic) bond motifs is 2. The van der Waals surface area contributed by atoms with E-state index in [2.05, 4.69) is 5.10 Å². The zero-order chi connectivity index (χ0) is 16.0. The van der Waals surface area contributed by atoms with Gasteiger partial charge in [0.1, 0.15) is 5.69 Å². The van der Waals surface area contributed by atoms with Gasteiger partial charge in [-0.15, -0.1) is 0 Å². The molecular formula is C16H21N3O4. The topological polar surface area (TPSA) is 84.7 Å². The van der Waals surface area contributed by atoms with Gasteiger partial charge in [-0.2, -0.15) is 5.10 Å². The maximum atomic E-state index is 12.8. The van der Waals surface area contributed by atoms with Gasteiger partial charge in [0.05, 0.1) is 12.0 Å². The molecule has 3 saturated heterocycles. The highest BCUT2D eigenvalue weighted by atomic mass is 16.5. The standard InChI is InChI=1S/C16H21N3O4/c20-15(19-11-1-2-14(19)12(9-11)16(21)22)13-3-6-18(17-13)10-4-7-23-8-5-10/h3,6,10-12,14H,1-2,4-5,7-9H2,(H,21,22)/t11-,12-,14+/m1/s1. The van der Waals surface area contributed by atoms with E-state index < -0.39 is 11.9 Å². The molecule has 1 N–H and O–H groups in total. The maximum absolute atomic E-state index is 12.8. The second-order valence-electron chi connectivity index (χ2n) is 6.72. The monoisotopic (exact) mass is 319 g/mol. The third-order valence-corrected chi connectivity index (χ3v) is 5.48. The van der Waals surface area contributed by atoms with Crippen molar-refractivity contribution in [2.24, 2.45) is 5.92 Å². The lowest BCUT2D eigenvalue weighted by molar-refractivity contribution is -0.142. The minimum Gasteiger partial charge on any atom is -0.481 e. The molecule has 0 saturated carbocycles. The molecule has 4 rings (SSSR count). The summed E-state index contributed by atoms with van der Waals surface area (Å²) in [5.74, 6) is -1.33. The Hall–Kier alpha value is -1.89. The lowest BCUT2D eigenvalue weighted by Gasteiger charge is -2.23. The van der Waals surface area contributed by atoms with Gasteiger partial charge in [-0.3, -0.25) is 14.3 Å². The molecule has 4 heterocycles. The number of carboxylic acid groups (broad SMARTS) is 1. The molecule has 3 aliphatic rings. The maximum Gasteiger partial charge on any atom is 0.308 e. The highest BCUT2D eigenvalue weighted by Crippen LogP contribution is 2.42. The summed E-state index contributed by atoms with van der Waals surface area (Å²) in [5.41, 5.74) is 0.430.